The van der Waals surface area contributed by atoms with Gasteiger partial charge in [0, 0.05) is 12.8 Å². The molecule has 0 aromatic heterocycles. The molecule has 0 saturated carbocycles. The molecular weight excluding hydrogens is 762 g/mol. The fourth-order valence-electron chi connectivity index (χ4n) is 6.86. The highest BCUT2D eigenvalue weighted by Gasteiger charge is 2.21. The van der Waals surface area contributed by atoms with E-state index in [0.717, 1.165) is 38.5 Å². The molecule has 0 aromatic rings. The minimum Gasteiger partial charge on any atom is -0.756 e. The van der Waals surface area contributed by atoms with Crippen molar-refractivity contribution in [2.24, 2.45) is 0 Å². The van der Waals surface area contributed by atoms with Crippen molar-refractivity contribution in [1.82, 2.24) is 0 Å². The van der Waals surface area contributed by atoms with Crippen LogP contribution in [0.5, 0.6) is 0 Å². The van der Waals surface area contributed by atoms with Crippen LogP contribution >= 0.6 is 7.82 Å². The lowest BCUT2D eigenvalue weighted by Crippen LogP contribution is -2.37. The molecule has 59 heavy (non-hydrogen) atoms. The summed E-state index contributed by atoms with van der Waals surface area (Å²) in [5, 5.41) is 0. The summed E-state index contributed by atoms with van der Waals surface area (Å²) in [7, 11) is 1.16. The van der Waals surface area contributed by atoms with Gasteiger partial charge in [0.25, 0.3) is 7.82 Å². The topological polar surface area (TPSA) is 111 Å². The van der Waals surface area contributed by atoms with Gasteiger partial charge in [-0.3, -0.25) is 14.2 Å². The fraction of sp³-hybridized carbons (Fsp3) is 0.878. The standard InChI is InChI=1S/C49H94NO8P/c1-6-8-10-12-14-16-18-20-22-23-24-25-26-28-30-32-34-36-38-40-42-49(52)58-47(46-57-59(53,54)56-44-43-50(3,4)5)45-55-48(51)41-39-37-35-33-31-29-27-21-19-17-15-13-11-9-7-2/h21,27,31,33,47H,6-20,22-26,28-30,32,34-46H2,1-5H3/b27-21+,33-31+/t47-/m1/s1. The van der Waals surface area contributed by atoms with E-state index in [9.17, 15) is 19.0 Å². The van der Waals surface area contributed by atoms with Gasteiger partial charge in [-0.25, -0.2) is 0 Å². The summed E-state index contributed by atoms with van der Waals surface area (Å²) >= 11 is 0. The van der Waals surface area contributed by atoms with Gasteiger partial charge in [-0.05, 0) is 44.9 Å². The molecule has 0 aromatic carbocycles. The Hall–Kier alpha value is -1.51. The molecule has 0 rings (SSSR count). The van der Waals surface area contributed by atoms with Gasteiger partial charge in [0.1, 0.15) is 19.8 Å². The number of carbonyl (C=O) groups is 2. The number of carbonyl (C=O) groups excluding carboxylic acids is 2. The van der Waals surface area contributed by atoms with Crippen LogP contribution in [0.25, 0.3) is 0 Å². The fourth-order valence-corrected chi connectivity index (χ4v) is 7.59. The first-order valence-corrected chi connectivity index (χ1v) is 26.0. The lowest BCUT2D eigenvalue weighted by molar-refractivity contribution is -0.870. The van der Waals surface area contributed by atoms with Crippen LogP contribution in [0.1, 0.15) is 226 Å². The number of phosphoric acid groups is 1. The third-order valence-electron chi connectivity index (χ3n) is 10.7. The van der Waals surface area contributed by atoms with E-state index in [-0.39, 0.29) is 26.1 Å². The molecule has 0 N–H and O–H groups in total. The average Bonchev–Trinajstić information content (AvgIpc) is 3.19. The normalized spacial score (nSPS) is 13.7. The molecule has 0 saturated heterocycles. The number of rotatable bonds is 45. The van der Waals surface area contributed by atoms with Crippen LogP contribution in [-0.4, -0.2) is 70.0 Å². The predicted octanol–water partition coefficient (Wildman–Crippen LogP) is 13.7. The lowest BCUT2D eigenvalue weighted by Gasteiger charge is -2.28. The quantitative estimate of drug-likeness (QED) is 0.0196. The van der Waals surface area contributed by atoms with Crippen LogP contribution in [0.3, 0.4) is 0 Å². The van der Waals surface area contributed by atoms with Crippen molar-refractivity contribution in [2.45, 2.75) is 232 Å². The first-order valence-electron chi connectivity index (χ1n) is 24.5. The summed E-state index contributed by atoms with van der Waals surface area (Å²) in [6, 6.07) is 0. The molecule has 0 radical (unpaired) electrons. The number of esters is 2. The van der Waals surface area contributed by atoms with Crippen molar-refractivity contribution in [3.05, 3.63) is 24.3 Å². The van der Waals surface area contributed by atoms with Gasteiger partial charge in [-0.1, -0.05) is 192 Å². The Morgan fingerprint density at radius 2 is 0.915 bits per heavy atom. The van der Waals surface area contributed by atoms with E-state index in [1.54, 1.807) is 0 Å². The zero-order valence-corrected chi connectivity index (χ0v) is 40.1. The molecule has 10 heteroatoms. The molecule has 0 spiro atoms. The minimum atomic E-state index is -4.63. The van der Waals surface area contributed by atoms with Crippen LogP contribution in [0, 0.1) is 0 Å². The summed E-state index contributed by atoms with van der Waals surface area (Å²) in [4.78, 5) is 37.6. The van der Waals surface area contributed by atoms with Crippen molar-refractivity contribution in [1.29, 1.82) is 0 Å². The Bertz CT molecular complexity index is 1060. The monoisotopic (exact) mass is 856 g/mol. The zero-order chi connectivity index (χ0) is 43.6. The third-order valence-corrected chi connectivity index (χ3v) is 11.7. The summed E-state index contributed by atoms with van der Waals surface area (Å²) in [6.07, 6.45) is 46.4. The molecule has 348 valence electrons. The van der Waals surface area contributed by atoms with E-state index in [1.165, 1.54) is 148 Å². The van der Waals surface area contributed by atoms with Gasteiger partial charge in [0.05, 0.1) is 27.7 Å². The highest BCUT2D eigenvalue weighted by atomic mass is 31.2. The second kappa shape index (κ2) is 41.8. The maximum absolute atomic E-state index is 12.7. The Morgan fingerprint density at radius 1 is 0.525 bits per heavy atom. The van der Waals surface area contributed by atoms with Crippen LogP contribution in [0.15, 0.2) is 24.3 Å². The van der Waals surface area contributed by atoms with Gasteiger partial charge < -0.3 is 27.9 Å². The molecule has 0 aliphatic heterocycles. The molecule has 1 unspecified atom stereocenters. The number of unbranched alkanes of at least 4 members (excludes halogenated alkanes) is 27. The number of quaternary nitrogens is 1. The minimum absolute atomic E-state index is 0.0334. The number of hydrogen-bond acceptors (Lipinski definition) is 8. The predicted molar refractivity (Wildman–Crippen MR) is 245 cm³/mol. The van der Waals surface area contributed by atoms with Gasteiger partial charge >= 0.3 is 11.9 Å². The van der Waals surface area contributed by atoms with Gasteiger partial charge in [0.2, 0.25) is 0 Å². The highest BCUT2D eigenvalue weighted by Crippen LogP contribution is 2.38. The van der Waals surface area contributed by atoms with Gasteiger partial charge in [-0.15, -0.1) is 0 Å². The van der Waals surface area contributed by atoms with E-state index in [0.29, 0.717) is 23.9 Å². The second-order valence-electron chi connectivity index (χ2n) is 17.8. The number of phosphoric ester groups is 1. The molecule has 2 atom stereocenters. The lowest BCUT2D eigenvalue weighted by atomic mass is 10.0. The summed E-state index contributed by atoms with van der Waals surface area (Å²) < 4.78 is 34.0. The van der Waals surface area contributed by atoms with Crippen molar-refractivity contribution in [3.63, 3.8) is 0 Å². The number of hydrogen-bond donors (Lipinski definition) is 0. The van der Waals surface area contributed by atoms with E-state index in [1.807, 2.05) is 21.1 Å². The van der Waals surface area contributed by atoms with E-state index in [4.69, 9.17) is 18.5 Å². The Morgan fingerprint density at radius 3 is 1.37 bits per heavy atom. The molecule has 0 fully saturated rings. The number of nitrogens with zero attached hydrogens (tertiary/aromatic N) is 1. The van der Waals surface area contributed by atoms with Crippen molar-refractivity contribution in [3.8, 4) is 0 Å². The Kier molecular flexibility index (Phi) is 40.8. The van der Waals surface area contributed by atoms with E-state index in [2.05, 4.69) is 38.2 Å². The van der Waals surface area contributed by atoms with Gasteiger partial charge in [0.15, 0.2) is 6.10 Å². The van der Waals surface area contributed by atoms with Crippen LogP contribution < -0.4 is 4.89 Å². The maximum atomic E-state index is 12.7. The maximum Gasteiger partial charge on any atom is 0.306 e. The highest BCUT2D eigenvalue weighted by molar-refractivity contribution is 7.45. The van der Waals surface area contributed by atoms with Gasteiger partial charge in [-0.2, -0.15) is 0 Å². The van der Waals surface area contributed by atoms with Crippen LogP contribution in [-0.2, 0) is 32.7 Å². The van der Waals surface area contributed by atoms with E-state index >= 15 is 0 Å². The Balaban J connectivity index is 4.28. The van der Waals surface area contributed by atoms with Crippen molar-refractivity contribution >= 4 is 19.8 Å². The summed E-state index contributed by atoms with van der Waals surface area (Å²) in [5.74, 6) is -0.862. The summed E-state index contributed by atoms with van der Waals surface area (Å²) in [5.41, 5.74) is 0. The summed E-state index contributed by atoms with van der Waals surface area (Å²) in [6.45, 7) is 4.22. The first kappa shape index (κ1) is 57.5. The third kappa shape index (κ3) is 45.8. The molecule has 0 aliphatic rings. The van der Waals surface area contributed by atoms with E-state index < -0.39 is 32.5 Å². The van der Waals surface area contributed by atoms with Crippen molar-refractivity contribution < 1.29 is 42.1 Å². The first-order chi connectivity index (χ1) is 28.5. The van der Waals surface area contributed by atoms with Crippen LogP contribution in [0.2, 0.25) is 0 Å². The molecule has 0 aliphatic carbocycles. The molecule has 0 heterocycles. The number of allylic oxidation sites excluding steroid dienone is 4. The zero-order valence-electron chi connectivity index (χ0n) is 39.2. The number of ether oxygens (including phenoxy) is 2. The molecular formula is C49H94NO8P. The second-order valence-corrected chi connectivity index (χ2v) is 19.2. The molecule has 0 bridgehead atoms. The largest absolute Gasteiger partial charge is 0.756 e. The SMILES string of the molecule is CCCCCCCC/C=C/C/C=C/CCCCC(=O)OC[C@H](COP(=O)([O-])OCC[N+](C)(C)C)OC(=O)CCCCCCCCCCCCCCCCCCCCCC. The van der Waals surface area contributed by atoms with Crippen molar-refractivity contribution in [2.75, 3.05) is 47.5 Å². The van der Waals surface area contributed by atoms with Crippen LogP contribution in [0.4, 0.5) is 0 Å². The average molecular weight is 856 g/mol. The number of likely N-dealkylation sites (N-methyl/N-ethyl adjacent to an activating group) is 1. The molecule has 0 amide bonds. The smallest absolute Gasteiger partial charge is 0.306 e. The molecule has 9 nitrogen and oxygen atoms in total. The Labute approximate surface area is 364 Å².